The number of carbonyl (C=O) groups is 11. The smallest absolute Gasteiger partial charge is 0.410 e. The number of nitrogens with zero attached hydrogens (tertiary/aromatic N) is 4. The molecule has 27 heteroatoms. The summed E-state index contributed by atoms with van der Waals surface area (Å²) < 4.78 is 17.8. The van der Waals surface area contributed by atoms with E-state index in [4.69, 9.17) is 19.9 Å². The summed E-state index contributed by atoms with van der Waals surface area (Å²) in [7, 11) is 6.08. The largest absolute Gasteiger partial charge is 0.445 e. The Hall–Kier alpha value is -7.36. The van der Waals surface area contributed by atoms with Crippen LogP contribution in [0.25, 0.3) is 0 Å². The minimum absolute atomic E-state index is 0.0862. The van der Waals surface area contributed by atoms with Gasteiger partial charge in [-0.1, -0.05) is 118 Å². The minimum Gasteiger partial charge on any atom is -0.445 e. The molecule has 0 bridgehead atoms. The number of methoxy groups -OCH3 is 2. The molecule has 2 aromatic rings. The van der Waals surface area contributed by atoms with E-state index >= 15 is 0 Å². The Balaban J connectivity index is 1.37. The molecule has 9 N–H and O–H groups in total. The van der Waals surface area contributed by atoms with Gasteiger partial charge >= 0.3 is 12.1 Å². The van der Waals surface area contributed by atoms with Crippen molar-refractivity contribution in [3.8, 4) is 0 Å². The van der Waals surface area contributed by atoms with E-state index in [1.54, 1.807) is 115 Å². The summed E-state index contributed by atoms with van der Waals surface area (Å²) in [6.45, 7) is 18.7. The van der Waals surface area contributed by atoms with Crippen LogP contribution in [0, 0.1) is 29.6 Å². The maximum Gasteiger partial charge on any atom is 0.410 e. The molecule has 2 fully saturated rings. The van der Waals surface area contributed by atoms with Crippen molar-refractivity contribution < 1.29 is 72.1 Å². The molecule has 536 valence electrons. The highest BCUT2D eigenvalue weighted by Crippen LogP contribution is 2.31. The lowest BCUT2D eigenvalue weighted by molar-refractivity contribution is -0.148. The molecule has 2 heterocycles. The van der Waals surface area contributed by atoms with E-state index in [0.29, 0.717) is 61.9 Å². The zero-order valence-corrected chi connectivity index (χ0v) is 59.8. The van der Waals surface area contributed by atoms with Crippen LogP contribution in [0.15, 0.2) is 54.6 Å². The third-order valence-corrected chi connectivity index (χ3v) is 19.2. The molecule has 12 amide bonds. The number of nitrogens with two attached hydrogens (primary N) is 1. The standard InChI is InChI=1S/C69H109N11O15S/c1-16-43(8)59(51(93-13)37-54(82)79-36-24-28-50(79)61(94-14)44(9)62(85)72-45(10)60(84)47-25-19-17-20-26-47)77(11)67(90)57(41(4)5)76-65(88)58(42(6)7)78(12)69(92)95-39-46-30-32-48(33-31-46)73-63(86)49(27-23-34-71-68(70)91)74-64(87)56(40(2)3)75-53(81)29-21-18-22-35-80-55(83)38-52(96-15)66(80)89/h17,19-20,25-26,30-33,40-45,49-52,56-61,84H,16,18,21-24,27-29,34-39H2,1-15H3,(H,72,85)(H,73,86)(H,74,87)(H,75,81)(H,76,88)(H3,70,71,91)/t43-,44+,45+,49-,50-,51+,52?,56-,57-,58-,59-,60+,61+/m0/s1. The number of unbranched alkanes of at least 4 members (excludes halogenated alkanes) is 2. The SMILES string of the molecule is CC[C@H](C)[C@@H]([C@@H](CC(=O)N1CCC[C@H]1[C@H](OC)[C@@H](C)C(=O)N[C@H](C)[C@@H](O)c1ccccc1)OC)N(C)C(=O)[C@@H](NC(=O)[C@H](C(C)C)N(C)C(=O)OCc1ccc(NC(=O)[C@H](CCCNC(N)=O)NC(=O)[C@@H](NC(=O)CCCCCN2C(=O)CC(SC)C2=O)C(C)C)cc1)C(C)C. The van der Waals surface area contributed by atoms with E-state index in [9.17, 15) is 57.8 Å². The molecule has 2 aromatic carbocycles. The van der Waals surface area contributed by atoms with Gasteiger partial charge in [0, 0.05) is 66.5 Å². The molecule has 2 aliphatic heterocycles. The second-order valence-corrected chi connectivity index (χ2v) is 27.5. The van der Waals surface area contributed by atoms with Gasteiger partial charge in [0.1, 0.15) is 30.8 Å². The Morgan fingerprint density at radius 2 is 1.41 bits per heavy atom. The van der Waals surface area contributed by atoms with Gasteiger partial charge in [-0.25, -0.2) is 9.59 Å². The molecule has 2 aliphatic rings. The number of aliphatic hydroxyl groups excluding tert-OH is 1. The minimum atomic E-state index is -1.11. The number of likely N-dealkylation sites (N-methyl/N-ethyl adjacent to an activating group) is 2. The number of amides is 12. The highest BCUT2D eigenvalue weighted by Gasteiger charge is 2.44. The lowest BCUT2D eigenvalue weighted by Crippen LogP contribution is -2.60. The maximum absolute atomic E-state index is 14.8. The molecule has 0 saturated carbocycles. The second-order valence-electron chi connectivity index (χ2n) is 26.4. The Morgan fingerprint density at radius 3 is 1.98 bits per heavy atom. The lowest BCUT2D eigenvalue weighted by Gasteiger charge is -2.41. The van der Waals surface area contributed by atoms with E-state index in [1.807, 2.05) is 32.0 Å². The van der Waals surface area contributed by atoms with Gasteiger partial charge in [0.2, 0.25) is 53.2 Å². The lowest BCUT2D eigenvalue weighted by atomic mass is 9.89. The maximum atomic E-state index is 14.8. The van der Waals surface area contributed by atoms with Gasteiger partial charge in [0.15, 0.2) is 0 Å². The normalized spacial score (nSPS) is 18.2. The first-order valence-corrected chi connectivity index (χ1v) is 35.0. The van der Waals surface area contributed by atoms with E-state index in [1.165, 1.54) is 42.8 Å². The first-order valence-electron chi connectivity index (χ1n) is 33.7. The number of primary amides is 1. The molecular formula is C69H109N11O15S. The molecule has 0 radical (unpaired) electrons. The molecule has 0 aromatic heterocycles. The second kappa shape index (κ2) is 39.8. The van der Waals surface area contributed by atoms with Gasteiger partial charge in [-0.3, -0.25) is 53.0 Å². The number of hydrogen-bond donors (Lipinski definition) is 8. The van der Waals surface area contributed by atoms with Crippen molar-refractivity contribution in [2.75, 3.05) is 59.5 Å². The molecule has 1 unspecified atom stereocenters. The fourth-order valence-electron chi connectivity index (χ4n) is 12.5. The number of thioether (sulfide) groups is 1. The molecule has 2 saturated heterocycles. The van der Waals surface area contributed by atoms with Gasteiger partial charge in [-0.05, 0) is 98.6 Å². The molecule has 0 spiro atoms. The van der Waals surface area contributed by atoms with E-state index in [0.717, 1.165) is 0 Å². The summed E-state index contributed by atoms with van der Waals surface area (Å²) in [4.78, 5) is 154. The number of urea groups is 1. The van der Waals surface area contributed by atoms with Crippen molar-refractivity contribution in [2.24, 2.45) is 35.3 Å². The summed E-state index contributed by atoms with van der Waals surface area (Å²) in [5, 5.41) is 27.3. The van der Waals surface area contributed by atoms with Crippen molar-refractivity contribution >= 4 is 82.7 Å². The third-order valence-electron chi connectivity index (χ3n) is 18.3. The summed E-state index contributed by atoms with van der Waals surface area (Å²) in [5.74, 6) is -5.64. The van der Waals surface area contributed by atoms with Crippen LogP contribution >= 0.6 is 11.8 Å². The first kappa shape index (κ1) is 81.1. The molecular weight excluding hydrogens is 1250 g/mol. The summed E-state index contributed by atoms with van der Waals surface area (Å²) >= 11 is 1.35. The number of imide groups is 1. The number of benzene rings is 2. The van der Waals surface area contributed by atoms with Crippen LogP contribution < -0.4 is 37.6 Å². The highest BCUT2D eigenvalue weighted by molar-refractivity contribution is 8.00. The van der Waals surface area contributed by atoms with Gasteiger partial charge in [-0.15, -0.1) is 0 Å². The Morgan fingerprint density at radius 1 is 0.750 bits per heavy atom. The number of anilines is 1. The fourth-order valence-corrected chi connectivity index (χ4v) is 13.1. The average Bonchev–Trinajstić information content (AvgIpc) is 1.42. The van der Waals surface area contributed by atoms with E-state index in [2.05, 4.69) is 31.9 Å². The number of likely N-dealkylation sites (tertiary alicyclic amines) is 2. The number of nitrogens with one attached hydrogen (secondary N) is 6. The number of hydrogen-bond acceptors (Lipinski definition) is 16. The van der Waals surface area contributed by atoms with Crippen molar-refractivity contribution in [3.05, 3.63) is 65.7 Å². The summed E-state index contributed by atoms with van der Waals surface area (Å²) in [6, 6.07) is 8.76. The predicted molar refractivity (Wildman–Crippen MR) is 366 cm³/mol. The van der Waals surface area contributed by atoms with E-state index in [-0.39, 0.29) is 98.4 Å². The predicted octanol–water partition coefficient (Wildman–Crippen LogP) is 5.64. The van der Waals surface area contributed by atoms with Crippen molar-refractivity contribution in [1.29, 1.82) is 0 Å². The van der Waals surface area contributed by atoms with Crippen molar-refractivity contribution in [3.63, 3.8) is 0 Å². The Labute approximate surface area is 571 Å². The molecule has 13 atom stereocenters. The highest BCUT2D eigenvalue weighted by atomic mass is 32.2. The van der Waals surface area contributed by atoms with Crippen LogP contribution in [-0.2, 0) is 64.0 Å². The van der Waals surface area contributed by atoms with Gasteiger partial charge in [0.05, 0.1) is 54.0 Å². The number of rotatable bonds is 39. The molecule has 4 rings (SSSR count). The van der Waals surface area contributed by atoms with Gasteiger partial charge in [0.25, 0.3) is 0 Å². The third kappa shape index (κ3) is 23.4. The van der Waals surface area contributed by atoms with Crippen molar-refractivity contribution in [2.45, 2.75) is 212 Å². The van der Waals surface area contributed by atoms with Crippen LogP contribution in [-0.4, -0.2) is 204 Å². The number of ether oxygens (including phenoxy) is 3. The number of aliphatic hydroxyl groups is 1. The van der Waals surface area contributed by atoms with Crippen LogP contribution in [0.4, 0.5) is 15.3 Å². The van der Waals surface area contributed by atoms with Gasteiger partial charge in [-0.2, -0.15) is 11.8 Å². The van der Waals surface area contributed by atoms with Crippen molar-refractivity contribution in [1.82, 2.24) is 46.2 Å². The van der Waals surface area contributed by atoms with E-state index < -0.39 is 114 Å². The van der Waals surface area contributed by atoms with Crippen LogP contribution in [0.1, 0.15) is 157 Å². The average molecular weight is 1360 g/mol. The molecule has 0 aliphatic carbocycles. The monoisotopic (exact) mass is 1360 g/mol. The Kier molecular flexibility index (Phi) is 33.6. The first-order chi connectivity index (χ1) is 45.4. The molecule has 96 heavy (non-hydrogen) atoms. The Bertz CT molecular complexity index is 2910. The molecule has 26 nitrogen and oxygen atoms in total. The topological polar surface area (TPSA) is 347 Å². The zero-order valence-electron chi connectivity index (χ0n) is 59.0. The van der Waals surface area contributed by atoms with Crippen LogP contribution in [0.2, 0.25) is 0 Å². The quantitative estimate of drug-likeness (QED) is 0.0296. The fraction of sp³-hybridized carbons (Fsp3) is 0.667. The van der Waals surface area contributed by atoms with Crippen LogP contribution in [0.3, 0.4) is 0 Å². The number of carbonyl (C=O) groups excluding carboxylic acids is 11. The van der Waals surface area contributed by atoms with Crippen LogP contribution in [0.5, 0.6) is 0 Å². The zero-order chi connectivity index (χ0) is 71.7. The summed E-state index contributed by atoms with van der Waals surface area (Å²) in [5.41, 5.74) is 6.79. The van der Waals surface area contributed by atoms with Gasteiger partial charge < -0.3 is 66.8 Å². The summed E-state index contributed by atoms with van der Waals surface area (Å²) in [6.07, 6.45) is 2.56.